The van der Waals surface area contributed by atoms with Crippen molar-refractivity contribution < 1.29 is 23.9 Å². The molecule has 1 aliphatic rings. The fourth-order valence-electron chi connectivity index (χ4n) is 3.50. The van der Waals surface area contributed by atoms with Crippen LogP contribution in [0, 0.1) is 5.92 Å². The van der Waals surface area contributed by atoms with E-state index < -0.39 is 24.3 Å². The quantitative estimate of drug-likeness (QED) is 0.605. The molecule has 1 aliphatic carbocycles. The molecule has 0 saturated heterocycles. The molecule has 2 aromatic carbocycles. The van der Waals surface area contributed by atoms with Gasteiger partial charge in [0.25, 0.3) is 5.91 Å². The summed E-state index contributed by atoms with van der Waals surface area (Å²) in [5, 5.41) is 2.80. The van der Waals surface area contributed by atoms with Crippen molar-refractivity contribution >= 4 is 23.4 Å². The SMILES string of the molecule is CC(C)CC[C@@H](C)NC(=O)COC(=O)c1cccc2c1C(=O)c1ccccc1C2=O. The monoisotopic (exact) mass is 407 g/mol. The predicted molar refractivity (Wildman–Crippen MR) is 112 cm³/mol. The molecule has 0 radical (unpaired) electrons. The molecule has 30 heavy (non-hydrogen) atoms. The van der Waals surface area contributed by atoms with Crippen molar-refractivity contribution in [2.24, 2.45) is 5.92 Å². The number of carbonyl (C=O) groups excluding carboxylic acids is 4. The zero-order valence-electron chi connectivity index (χ0n) is 17.4. The number of rotatable bonds is 7. The lowest BCUT2D eigenvalue weighted by atomic mass is 9.82. The first-order chi connectivity index (χ1) is 14.3. The molecule has 6 heteroatoms. The van der Waals surface area contributed by atoms with Gasteiger partial charge < -0.3 is 10.1 Å². The summed E-state index contributed by atoms with van der Waals surface area (Å²) in [7, 11) is 0. The normalized spacial score (nSPS) is 13.5. The molecule has 2 aromatic rings. The summed E-state index contributed by atoms with van der Waals surface area (Å²) >= 11 is 0. The average molecular weight is 407 g/mol. The van der Waals surface area contributed by atoms with Crippen molar-refractivity contribution in [2.45, 2.75) is 39.7 Å². The number of hydrogen-bond donors (Lipinski definition) is 1. The second kappa shape index (κ2) is 9.03. The van der Waals surface area contributed by atoms with Crippen LogP contribution in [0.1, 0.15) is 75.8 Å². The van der Waals surface area contributed by atoms with Gasteiger partial charge in [0.05, 0.1) is 5.56 Å². The second-order valence-corrected chi connectivity index (χ2v) is 7.95. The van der Waals surface area contributed by atoms with Crippen LogP contribution in [-0.4, -0.2) is 36.1 Å². The first-order valence-corrected chi connectivity index (χ1v) is 10.1. The van der Waals surface area contributed by atoms with Gasteiger partial charge in [-0.25, -0.2) is 4.79 Å². The number of fused-ring (bicyclic) bond motifs is 2. The van der Waals surface area contributed by atoms with Crippen molar-refractivity contribution in [1.82, 2.24) is 5.32 Å². The van der Waals surface area contributed by atoms with E-state index >= 15 is 0 Å². The Morgan fingerprint density at radius 2 is 1.50 bits per heavy atom. The molecule has 0 fully saturated rings. The Bertz CT molecular complexity index is 1010. The van der Waals surface area contributed by atoms with E-state index in [0.29, 0.717) is 11.5 Å². The van der Waals surface area contributed by atoms with Crippen LogP contribution in [0.15, 0.2) is 42.5 Å². The molecule has 6 nitrogen and oxygen atoms in total. The highest BCUT2D eigenvalue weighted by molar-refractivity contribution is 6.30. The number of nitrogens with one attached hydrogen (secondary N) is 1. The maximum atomic E-state index is 13.0. The minimum Gasteiger partial charge on any atom is -0.452 e. The maximum Gasteiger partial charge on any atom is 0.339 e. The molecule has 0 spiro atoms. The van der Waals surface area contributed by atoms with Gasteiger partial charge in [0.15, 0.2) is 18.2 Å². The topological polar surface area (TPSA) is 89.5 Å². The second-order valence-electron chi connectivity index (χ2n) is 7.95. The van der Waals surface area contributed by atoms with Gasteiger partial charge in [0.1, 0.15) is 0 Å². The molecule has 0 saturated carbocycles. The Kier molecular flexibility index (Phi) is 6.45. The van der Waals surface area contributed by atoms with Crippen molar-refractivity contribution in [1.29, 1.82) is 0 Å². The highest BCUT2D eigenvalue weighted by atomic mass is 16.5. The zero-order valence-corrected chi connectivity index (χ0v) is 17.4. The van der Waals surface area contributed by atoms with Gasteiger partial charge in [0.2, 0.25) is 0 Å². The minimum absolute atomic E-state index is 0.0130. The molecular formula is C24H25NO5. The third-order valence-corrected chi connectivity index (χ3v) is 5.09. The summed E-state index contributed by atoms with van der Waals surface area (Å²) in [6, 6.07) is 11.0. The maximum absolute atomic E-state index is 13.0. The van der Waals surface area contributed by atoms with Crippen LogP contribution in [0.5, 0.6) is 0 Å². The van der Waals surface area contributed by atoms with E-state index in [2.05, 4.69) is 19.2 Å². The van der Waals surface area contributed by atoms with Gasteiger partial charge in [-0.2, -0.15) is 0 Å². The lowest BCUT2D eigenvalue weighted by Crippen LogP contribution is -2.36. The number of esters is 1. The van der Waals surface area contributed by atoms with E-state index in [1.807, 2.05) is 6.92 Å². The summed E-state index contributed by atoms with van der Waals surface area (Å²) in [6.07, 6.45) is 1.81. The molecule has 1 amide bonds. The highest BCUT2D eigenvalue weighted by Crippen LogP contribution is 2.29. The van der Waals surface area contributed by atoms with Crippen molar-refractivity contribution in [3.05, 3.63) is 70.3 Å². The van der Waals surface area contributed by atoms with Crippen molar-refractivity contribution in [2.75, 3.05) is 6.61 Å². The predicted octanol–water partition coefficient (Wildman–Crippen LogP) is 3.56. The molecule has 156 valence electrons. The molecule has 3 rings (SSSR count). The van der Waals surface area contributed by atoms with E-state index in [0.717, 1.165) is 12.8 Å². The van der Waals surface area contributed by atoms with Gasteiger partial charge >= 0.3 is 5.97 Å². The largest absolute Gasteiger partial charge is 0.452 e. The highest BCUT2D eigenvalue weighted by Gasteiger charge is 2.33. The molecule has 0 heterocycles. The number of ketones is 2. The Labute approximate surface area is 175 Å². The number of ether oxygens (including phenoxy) is 1. The molecule has 0 bridgehead atoms. The molecule has 1 atom stereocenters. The molecule has 0 unspecified atom stereocenters. The van der Waals surface area contributed by atoms with Crippen LogP contribution in [0.3, 0.4) is 0 Å². The Balaban J connectivity index is 1.72. The smallest absolute Gasteiger partial charge is 0.339 e. The van der Waals surface area contributed by atoms with Gasteiger partial charge in [-0.15, -0.1) is 0 Å². The van der Waals surface area contributed by atoms with Crippen LogP contribution in [0.2, 0.25) is 0 Å². The number of benzene rings is 2. The van der Waals surface area contributed by atoms with Gasteiger partial charge in [-0.1, -0.05) is 50.2 Å². The van der Waals surface area contributed by atoms with Crippen LogP contribution in [-0.2, 0) is 9.53 Å². The molecule has 0 aromatic heterocycles. The Morgan fingerprint density at radius 3 is 2.17 bits per heavy atom. The molecule has 1 N–H and O–H groups in total. The Morgan fingerprint density at radius 1 is 0.867 bits per heavy atom. The van der Waals surface area contributed by atoms with E-state index in [-0.39, 0.29) is 34.1 Å². The average Bonchev–Trinajstić information content (AvgIpc) is 2.73. The summed E-state index contributed by atoms with van der Waals surface area (Å²) < 4.78 is 5.14. The summed E-state index contributed by atoms with van der Waals surface area (Å²) in [4.78, 5) is 50.4. The van der Waals surface area contributed by atoms with Gasteiger partial charge in [-0.05, 0) is 31.7 Å². The van der Waals surface area contributed by atoms with Gasteiger partial charge in [-0.3, -0.25) is 14.4 Å². The first kappa shape index (κ1) is 21.4. The number of carbonyl (C=O) groups is 4. The van der Waals surface area contributed by atoms with Crippen molar-refractivity contribution in [3.63, 3.8) is 0 Å². The number of amides is 1. The summed E-state index contributed by atoms with van der Waals surface area (Å²) in [5.74, 6) is -1.39. The van der Waals surface area contributed by atoms with Gasteiger partial charge in [0, 0.05) is 28.3 Å². The summed E-state index contributed by atoms with van der Waals surface area (Å²) in [5.41, 5.74) is 0.750. The minimum atomic E-state index is -0.808. The van der Waals surface area contributed by atoms with Crippen molar-refractivity contribution in [3.8, 4) is 0 Å². The lowest BCUT2D eigenvalue weighted by Gasteiger charge is -2.19. The molecular weight excluding hydrogens is 382 g/mol. The third-order valence-electron chi connectivity index (χ3n) is 5.09. The fourth-order valence-corrected chi connectivity index (χ4v) is 3.50. The van der Waals surface area contributed by atoms with E-state index in [1.54, 1.807) is 24.3 Å². The standard InChI is InChI=1S/C24H25NO5/c1-14(2)11-12-15(3)25-20(26)13-30-24(29)19-10-6-9-18-21(19)23(28)17-8-5-4-7-16(17)22(18)27/h4-10,14-15H,11-13H2,1-3H3,(H,25,26)/t15-/m1/s1. The first-order valence-electron chi connectivity index (χ1n) is 10.1. The Hall–Kier alpha value is -3.28. The van der Waals surface area contributed by atoms with Crippen LogP contribution in [0.4, 0.5) is 0 Å². The lowest BCUT2D eigenvalue weighted by molar-refractivity contribution is -0.124. The zero-order chi connectivity index (χ0) is 21.8. The summed E-state index contributed by atoms with van der Waals surface area (Å²) in [6.45, 7) is 5.67. The molecule has 0 aliphatic heterocycles. The van der Waals surface area contributed by atoms with E-state index in [9.17, 15) is 19.2 Å². The van der Waals surface area contributed by atoms with Crippen LogP contribution in [0.25, 0.3) is 0 Å². The van der Waals surface area contributed by atoms with E-state index in [1.165, 1.54) is 18.2 Å². The fraction of sp³-hybridized carbons (Fsp3) is 0.333. The van der Waals surface area contributed by atoms with Crippen LogP contribution < -0.4 is 5.32 Å². The number of hydrogen-bond acceptors (Lipinski definition) is 5. The van der Waals surface area contributed by atoms with Crippen LogP contribution >= 0.6 is 0 Å². The van der Waals surface area contributed by atoms with E-state index in [4.69, 9.17) is 4.74 Å². The third kappa shape index (κ3) is 4.48.